The Hall–Kier alpha value is -0.520. The zero-order valence-corrected chi connectivity index (χ0v) is 11.4. The SMILES string of the molecule is CCC=CCCCCCCCCC=CCC. The second-order valence-corrected chi connectivity index (χ2v) is 4.46. The molecule has 0 rings (SSSR count). The highest BCUT2D eigenvalue weighted by molar-refractivity contribution is 4.80. The van der Waals surface area contributed by atoms with Crippen molar-refractivity contribution < 1.29 is 0 Å². The van der Waals surface area contributed by atoms with Crippen molar-refractivity contribution in [3.8, 4) is 0 Å². The number of hydrogen-bond donors (Lipinski definition) is 0. The van der Waals surface area contributed by atoms with Crippen LogP contribution in [0.1, 0.15) is 78.1 Å². The van der Waals surface area contributed by atoms with Gasteiger partial charge < -0.3 is 0 Å². The highest BCUT2D eigenvalue weighted by Crippen LogP contribution is 2.09. The van der Waals surface area contributed by atoms with Crippen LogP contribution in [0.5, 0.6) is 0 Å². The average molecular weight is 222 g/mol. The van der Waals surface area contributed by atoms with Crippen molar-refractivity contribution in [2.24, 2.45) is 0 Å². The van der Waals surface area contributed by atoms with Gasteiger partial charge in [0.2, 0.25) is 0 Å². The molecule has 0 aliphatic rings. The maximum atomic E-state index is 2.33. The number of hydrogen-bond acceptors (Lipinski definition) is 0. The summed E-state index contributed by atoms with van der Waals surface area (Å²) in [5, 5.41) is 0. The van der Waals surface area contributed by atoms with Gasteiger partial charge in [-0.1, -0.05) is 63.8 Å². The van der Waals surface area contributed by atoms with Crippen LogP contribution in [0.2, 0.25) is 0 Å². The summed E-state index contributed by atoms with van der Waals surface area (Å²) < 4.78 is 0. The van der Waals surface area contributed by atoms with Crippen LogP contribution in [0.3, 0.4) is 0 Å². The number of unbranched alkanes of at least 4 members (excludes halogenated alkanes) is 7. The molecule has 0 fully saturated rings. The van der Waals surface area contributed by atoms with Gasteiger partial charge in [-0.2, -0.15) is 0 Å². The summed E-state index contributed by atoms with van der Waals surface area (Å²) in [5.41, 5.74) is 0. The van der Waals surface area contributed by atoms with Crippen LogP contribution in [0, 0.1) is 0 Å². The van der Waals surface area contributed by atoms with Gasteiger partial charge >= 0.3 is 0 Å². The van der Waals surface area contributed by atoms with Gasteiger partial charge in [-0.05, 0) is 38.5 Å². The standard InChI is InChI=1S/C16H30/c1-3-5-7-9-11-13-15-16-14-12-10-8-6-4-2/h5-8H,3-4,9-16H2,1-2H3. The molecule has 0 amide bonds. The third kappa shape index (κ3) is 13.5. The molecule has 0 atom stereocenters. The summed E-state index contributed by atoms with van der Waals surface area (Å²) >= 11 is 0. The first-order valence-corrected chi connectivity index (χ1v) is 7.21. The molecule has 94 valence electrons. The normalized spacial score (nSPS) is 11.9. The predicted molar refractivity (Wildman–Crippen MR) is 75.8 cm³/mol. The largest absolute Gasteiger partial charge is 0.0888 e. The Morgan fingerprint density at radius 3 is 1.25 bits per heavy atom. The maximum Gasteiger partial charge on any atom is -0.0351 e. The molecule has 0 spiro atoms. The quantitative estimate of drug-likeness (QED) is 0.295. The third-order valence-corrected chi connectivity index (χ3v) is 2.80. The lowest BCUT2D eigenvalue weighted by atomic mass is 10.1. The lowest BCUT2D eigenvalue weighted by molar-refractivity contribution is 0.599. The lowest BCUT2D eigenvalue weighted by Gasteiger charge is -1.99. The number of rotatable bonds is 11. The fourth-order valence-electron chi connectivity index (χ4n) is 1.80. The Kier molecular flexibility index (Phi) is 14.0. The number of allylic oxidation sites excluding steroid dienone is 4. The van der Waals surface area contributed by atoms with E-state index in [9.17, 15) is 0 Å². The van der Waals surface area contributed by atoms with Crippen molar-refractivity contribution >= 4 is 0 Å². The second-order valence-electron chi connectivity index (χ2n) is 4.46. The van der Waals surface area contributed by atoms with E-state index in [1.165, 1.54) is 64.2 Å². The molecular formula is C16H30. The first kappa shape index (κ1) is 15.5. The van der Waals surface area contributed by atoms with Gasteiger partial charge in [-0.25, -0.2) is 0 Å². The van der Waals surface area contributed by atoms with E-state index in [1.54, 1.807) is 0 Å². The molecule has 0 unspecified atom stereocenters. The zero-order chi connectivity index (χ0) is 11.9. The van der Waals surface area contributed by atoms with E-state index < -0.39 is 0 Å². The van der Waals surface area contributed by atoms with Gasteiger partial charge in [0.1, 0.15) is 0 Å². The molecule has 0 heteroatoms. The Labute approximate surface area is 103 Å². The van der Waals surface area contributed by atoms with Gasteiger partial charge in [-0.15, -0.1) is 0 Å². The summed E-state index contributed by atoms with van der Waals surface area (Å²) in [6, 6.07) is 0. The van der Waals surface area contributed by atoms with Crippen molar-refractivity contribution in [1.82, 2.24) is 0 Å². The third-order valence-electron chi connectivity index (χ3n) is 2.80. The molecule has 0 aromatic rings. The molecule has 16 heavy (non-hydrogen) atoms. The monoisotopic (exact) mass is 222 g/mol. The molecule has 0 bridgehead atoms. The zero-order valence-electron chi connectivity index (χ0n) is 11.4. The van der Waals surface area contributed by atoms with Gasteiger partial charge in [0, 0.05) is 0 Å². The van der Waals surface area contributed by atoms with E-state index >= 15 is 0 Å². The fourth-order valence-corrected chi connectivity index (χ4v) is 1.80. The molecular weight excluding hydrogens is 192 g/mol. The van der Waals surface area contributed by atoms with Crippen molar-refractivity contribution in [2.75, 3.05) is 0 Å². The van der Waals surface area contributed by atoms with Gasteiger partial charge in [0.05, 0.1) is 0 Å². The van der Waals surface area contributed by atoms with Gasteiger partial charge in [-0.3, -0.25) is 0 Å². The van der Waals surface area contributed by atoms with E-state index in [2.05, 4.69) is 38.2 Å². The molecule has 0 heterocycles. The van der Waals surface area contributed by atoms with E-state index in [4.69, 9.17) is 0 Å². The first-order chi connectivity index (χ1) is 7.91. The Morgan fingerprint density at radius 2 is 0.875 bits per heavy atom. The average Bonchev–Trinajstić information content (AvgIpc) is 2.31. The van der Waals surface area contributed by atoms with Crippen LogP contribution in [0.4, 0.5) is 0 Å². The Morgan fingerprint density at radius 1 is 0.500 bits per heavy atom. The summed E-state index contributed by atoms with van der Waals surface area (Å²) in [5.74, 6) is 0. The topological polar surface area (TPSA) is 0 Å². The van der Waals surface area contributed by atoms with Crippen molar-refractivity contribution in [2.45, 2.75) is 78.1 Å². The summed E-state index contributed by atoms with van der Waals surface area (Å²) in [6.07, 6.45) is 22.6. The fraction of sp³-hybridized carbons (Fsp3) is 0.750. The predicted octanol–water partition coefficient (Wildman–Crippen LogP) is 6.04. The second kappa shape index (κ2) is 14.5. The Balaban J connectivity index is 2.98. The lowest BCUT2D eigenvalue weighted by Crippen LogP contribution is -1.79. The van der Waals surface area contributed by atoms with Crippen LogP contribution in [-0.2, 0) is 0 Å². The molecule has 0 aliphatic heterocycles. The van der Waals surface area contributed by atoms with Gasteiger partial charge in [0.25, 0.3) is 0 Å². The van der Waals surface area contributed by atoms with Crippen LogP contribution in [0.25, 0.3) is 0 Å². The van der Waals surface area contributed by atoms with Crippen molar-refractivity contribution in [1.29, 1.82) is 0 Å². The summed E-state index contributed by atoms with van der Waals surface area (Å²) in [6.45, 7) is 4.40. The molecule has 0 saturated heterocycles. The molecule has 0 aromatic heterocycles. The molecule has 0 radical (unpaired) electrons. The van der Waals surface area contributed by atoms with Crippen LogP contribution >= 0.6 is 0 Å². The Bertz CT molecular complexity index is 145. The van der Waals surface area contributed by atoms with Crippen LogP contribution in [0.15, 0.2) is 24.3 Å². The summed E-state index contributed by atoms with van der Waals surface area (Å²) in [4.78, 5) is 0. The summed E-state index contributed by atoms with van der Waals surface area (Å²) in [7, 11) is 0. The minimum atomic E-state index is 1.19. The minimum absolute atomic E-state index is 1.19. The highest BCUT2D eigenvalue weighted by atomic mass is 14.0. The molecule has 0 aliphatic carbocycles. The van der Waals surface area contributed by atoms with E-state index in [0.717, 1.165) is 0 Å². The van der Waals surface area contributed by atoms with Crippen molar-refractivity contribution in [3.63, 3.8) is 0 Å². The van der Waals surface area contributed by atoms with E-state index in [0.29, 0.717) is 0 Å². The highest BCUT2D eigenvalue weighted by Gasteiger charge is 1.89. The van der Waals surface area contributed by atoms with Gasteiger partial charge in [0.15, 0.2) is 0 Å². The van der Waals surface area contributed by atoms with E-state index in [-0.39, 0.29) is 0 Å². The maximum absolute atomic E-state index is 2.33. The molecule has 0 nitrogen and oxygen atoms in total. The van der Waals surface area contributed by atoms with E-state index in [1.807, 2.05) is 0 Å². The van der Waals surface area contributed by atoms with Crippen LogP contribution in [-0.4, -0.2) is 0 Å². The van der Waals surface area contributed by atoms with Crippen molar-refractivity contribution in [3.05, 3.63) is 24.3 Å². The molecule has 0 saturated carbocycles. The molecule has 0 N–H and O–H groups in total. The molecule has 0 aromatic carbocycles. The minimum Gasteiger partial charge on any atom is -0.0888 e. The smallest absolute Gasteiger partial charge is 0.0351 e. The first-order valence-electron chi connectivity index (χ1n) is 7.21. The van der Waals surface area contributed by atoms with Crippen LogP contribution < -0.4 is 0 Å².